The summed E-state index contributed by atoms with van der Waals surface area (Å²) in [7, 11) is 5.57. The van der Waals surface area contributed by atoms with Gasteiger partial charge < -0.3 is 26.2 Å². The number of aryl methyl sites for hydroxylation is 2. The van der Waals surface area contributed by atoms with E-state index in [-0.39, 0.29) is 17.5 Å². The molecule has 4 N–H and O–H groups in total. The van der Waals surface area contributed by atoms with Crippen LogP contribution in [0.15, 0.2) is 36.4 Å². The smallest absolute Gasteiger partial charge is 0.271 e. The van der Waals surface area contributed by atoms with Crippen molar-refractivity contribution < 1.29 is 14.4 Å². The van der Waals surface area contributed by atoms with Crippen molar-refractivity contribution in [2.24, 2.45) is 5.73 Å². The third-order valence-electron chi connectivity index (χ3n) is 6.93. The molecule has 1 aliphatic rings. The molecule has 3 amide bonds. The molecule has 0 aliphatic heterocycles. The molecule has 1 aliphatic carbocycles. The molecule has 0 unspecified atom stereocenters. The zero-order chi connectivity index (χ0) is 27.9. The van der Waals surface area contributed by atoms with Gasteiger partial charge in [-0.05, 0) is 70.8 Å². The van der Waals surface area contributed by atoms with E-state index in [1.54, 1.807) is 11.9 Å². The van der Waals surface area contributed by atoms with Gasteiger partial charge in [0.2, 0.25) is 11.8 Å². The van der Waals surface area contributed by atoms with Gasteiger partial charge in [0, 0.05) is 31.9 Å². The molecule has 0 saturated heterocycles. The molecule has 1 heterocycles. The van der Waals surface area contributed by atoms with Crippen molar-refractivity contribution in [3.8, 4) is 0 Å². The molecule has 0 bridgehead atoms. The Morgan fingerprint density at radius 3 is 2.50 bits per heavy atom. The third-order valence-corrected chi connectivity index (χ3v) is 6.93. The summed E-state index contributed by atoms with van der Waals surface area (Å²) in [6, 6.07) is 7.66. The highest BCUT2D eigenvalue weighted by Gasteiger charge is 2.48. The highest BCUT2D eigenvalue weighted by atomic mass is 16.2. The number of primary amides is 1. The topological polar surface area (TPSA) is 134 Å². The molecule has 1 aromatic heterocycles. The zero-order valence-corrected chi connectivity index (χ0v) is 23.0. The fraction of sp³-hybridized carbons (Fsp3) is 0.464. The number of nitrogens with two attached hydrogens (primary N) is 1. The number of hydrogen-bond acceptors (Lipinski definition) is 7. The van der Waals surface area contributed by atoms with Gasteiger partial charge in [0.1, 0.15) is 5.54 Å². The number of benzene rings is 1. The van der Waals surface area contributed by atoms with Crippen LogP contribution in [-0.4, -0.2) is 77.3 Å². The summed E-state index contributed by atoms with van der Waals surface area (Å²) in [4.78, 5) is 50.2. The molecular formula is C28H39N7O3. The van der Waals surface area contributed by atoms with Crippen molar-refractivity contribution in [1.82, 2.24) is 25.1 Å². The number of likely N-dealkylation sites (N-methyl/N-ethyl adjacent to an activating group) is 2. The summed E-state index contributed by atoms with van der Waals surface area (Å²) in [6.07, 6.45) is 6.82. The third kappa shape index (κ3) is 6.74. The Labute approximate surface area is 224 Å². The largest absolute Gasteiger partial charge is 0.364 e. The van der Waals surface area contributed by atoms with Gasteiger partial charge in [0.05, 0.1) is 11.4 Å². The van der Waals surface area contributed by atoms with Gasteiger partial charge in [-0.2, -0.15) is 0 Å². The standard InChI is InChI=1S/C28H39N7O3/c1-6-22-19(2)31-26(24(33-22)25(29)37)32-21-11-7-10-20(18-21)13-16-30-27(38)28(14-9-15-28)35(5)23(36)12-8-17-34(3)4/h7-8,10-12,18H,6,9,13-17H2,1-5H3,(H2,29,37)(H,30,38)(H,31,32)/b12-8+. The maximum atomic E-state index is 13.2. The Morgan fingerprint density at radius 2 is 1.89 bits per heavy atom. The quantitative estimate of drug-likeness (QED) is 0.365. The summed E-state index contributed by atoms with van der Waals surface area (Å²) in [5, 5.41) is 6.19. The maximum Gasteiger partial charge on any atom is 0.271 e. The molecular weight excluding hydrogens is 482 g/mol. The molecule has 1 fully saturated rings. The van der Waals surface area contributed by atoms with Gasteiger partial charge in [0.25, 0.3) is 5.91 Å². The first-order valence-electron chi connectivity index (χ1n) is 13.0. The Hall–Kier alpha value is -3.79. The molecule has 1 aromatic carbocycles. The minimum Gasteiger partial charge on any atom is -0.364 e. The van der Waals surface area contributed by atoms with Gasteiger partial charge in [-0.25, -0.2) is 9.97 Å². The Bertz CT molecular complexity index is 1200. The predicted molar refractivity (Wildman–Crippen MR) is 148 cm³/mol. The molecule has 0 radical (unpaired) electrons. The summed E-state index contributed by atoms with van der Waals surface area (Å²) in [6.45, 7) is 4.89. The average molecular weight is 522 g/mol. The van der Waals surface area contributed by atoms with Crippen molar-refractivity contribution in [3.63, 3.8) is 0 Å². The molecule has 10 nitrogen and oxygen atoms in total. The normalized spacial score (nSPS) is 14.3. The van der Waals surface area contributed by atoms with Crippen molar-refractivity contribution >= 4 is 29.2 Å². The second-order valence-electron chi connectivity index (χ2n) is 9.95. The number of rotatable bonds is 12. The van der Waals surface area contributed by atoms with E-state index in [1.807, 2.05) is 63.2 Å². The number of carbonyl (C=O) groups is 3. The summed E-state index contributed by atoms with van der Waals surface area (Å²) in [5.74, 6) is -0.615. The SMILES string of the molecule is CCc1nc(C(N)=O)c(Nc2cccc(CCNC(=O)C3(N(C)C(=O)/C=C/CN(C)C)CCC3)c2)nc1C. The zero-order valence-electron chi connectivity index (χ0n) is 23.0. The van der Waals surface area contributed by atoms with Crippen LogP contribution < -0.4 is 16.4 Å². The van der Waals surface area contributed by atoms with Crippen molar-refractivity contribution in [3.05, 3.63) is 59.1 Å². The van der Waals surface area contributed by atoms with E-state index in [4.69, 9.17) is 5.73 Å². The fourth-order valence-electron chi connectivity index (χ4n) is 4.49. The van der Waals surface area contributed by atoms with E-state index in [9.17, 15) is 14.4 Å². The molecule has 38 heavy (non-hydrogen) atoms. The lowest BCUT2D eigenvalue weighted by Gasteiger charge is -2.46. The van der Waals surface area contributed by atoms with E-state index in [0.29, 0.717) is 44.6 Å². The van der Waals surface area contributed by atoms with Crippen LogP contribution in [0.5, 0.6) is 0 Å². The number of hydrogen-bond donors (Lipinski definition) is 3. The molecule has 1 saturated carbocycles. The van der Waals surface area contributed by atoms with Gasteiger partial charge >= 0.3 is 0 Å². The van der Waals surface area contributed by atoms with E-state index in [0.717, 1.165) is 29.1 Å². The second-order valence-corrected chi connectivity index (χ2v) is 9.95. The van der Waals surface area contributed by atoms with Crippen molar-refractivity contribution in [2.75, 3.05) is 39.5 Å². The minimum absolute atomic E-state index is 0.103. The number of anilines is 2. The fourth-order valence-corrected chi connectivity index (χ4v) is 4.49. The van der Waals surface area contributed by atoms with Gasteiger partial charge in [0.15, 0.2) is 11.5 Å². The van der Waals surface area contributed by atoms with Gasteiger partial charge in [-0.1, -0.05) is 25.1 Å². The molecule has 0 spiro atoms. The highest BCUT2D eigenvalue weighted by Crippen LogP contribution is 2.37. The Balaban J connectivity index is 1.62. The van der Waals surface area contributed by atoms with E-state index >= 15 is 0 Å². The minimum atomic E-state index is -0.796. The molecule has 3 rings (SSSR count). The number of aromatic nitrogens is 2. The number of nitrogens with one attached hydrogen (secondary N) is 2. The second kappa shape index (κ2) is 12.6. The number of amides is 3. The summed E-state index contributed by atoms with van der Waals surface area (Å²) >= 11 is 0. The first-order valence-corrected chi connectivity index (χ1v) is 13.0. The van der Waals surface area contributed by atoms with Crippen LogP contribution in [0.4, 0.5) is 11.5 Å². The van der Waals surface area contributed by atoms with Crippen molar-refractivity contribution in [1.29, 1.82) is 0 Å². The van der Waals surface area contributed by atoms with Crippen LogP contribution in [0.25, 0.3) is 0 Å². The number of carbonyl (C=O) groups excluding carboxylic acids is 3. The molecule has 10 heteroatoms. The number of nitrogens with zero attached hydrogens (tertiary/aromatic N) is 4. The van der Waals surface area contributed by atoms with E-state index in [1.165, 1.54) is 6.08 Å². The lowest BCUT2D eigenvalue weighted by Crippen LogP contribution is -2.63. The molecule has 204 valence electrons. The maximum absolute atomic E-state index is 13.2. The monoisotopic (exact) mass is 521 g/mol. The van der Waals surface area contributed by atoms with Crippen molar-refractivity contribution in [2.45, 2.75) is 51.5 Å². The highest BCUT2D eigenvalue weighted by molar-refractivity contribution is 5.97. The lowest BCUT2D eigenvalue weighted by molar-refractivity contribution is -0.148. The molecule has 0 atom stereocenters. The average Bonchev–Trinajstić information content (AvgIpc) is 2.83. The Morgan fingerprint density at radius 1 is 1.16 bits per heavy atom. The van der Waals surface area contributed by atoms with Crippen LogP contribution in [0.3, 0.4) is 0 Å². The van der Waals surface area contributed by atoms with Gasteiger partial charge in [-0.3, -0.25) is 14.4 Å². The van der Waals surface area contributed by atoms with Crippen LogP contribution in [0, 0.1) is 6.92 Å². The first-order chi connectivity index (χ1) is 18.1. The van der Waals surface area contributed by atoms with Crippen LogP contribution in [-0.2, 0) is 22.4 Å². The summed E-state index contributed by atoms with van der Waals surface area (Å²) < 4.78 is 0. The van der Waals surface area contributed by atoms with Gasteiger partial charge in [-0.15, -0.1) is 0 Å². The lowest BCUT2D eigenvalue weighted by atomic mass is 9.74. The summed E-state index contributed by atoms with van der Waals surface area (Å²) in [5.41, 5.74) is 8.04. The van der Waals surface area contributed by atoms with E-state index < -0.39 is 11.4 Å². The predicted octanol–water partition coefficient (Wildman–Crippen LogP) is 2.35. The first kappa shape index (κ1) is 28.8. The van der Waals surface area contributed by atoms with E-state index in [2.05, 4.69) is 20.6 Å². The molecule has 2 aromatic rings. The van der Waals surface area contributed by atoms with Crippen LogP contribution >= 0.6 is 0 Å². The van der Waals surface area contributed by atoms with Crippen LogP contribution in [0.1, 0.15) is 53.6 Å². The van der Waals surface area contributed by atoms with Crippen LogP contribution in [0.2, 0.25) is 0 Å². The Kier molecular flexibility index (Phi) is 9.57.